The summed E-state index contributed by atoms with van der Waals surface area (Å²) in [5.41, 5.74) is 1.91. The minimum Gasteiger partial charge on any atom is -0.497 e. The van der Waals surface area contributed by atoms with Gasteiger partial charge in [0.15, 0.2) is 0 Å². The minimum absolute atomic E-state index is 0.162. The standard InChI is InChI=1S/C15H18N4O2/c1-21-14-4-2-12(3-5-14)18-6-8-19(9-7-18)13-10-15(20)17-16-11-13/h2-5,10-11H,6-9H2,1H3,(H,17,20). The Bertz CT molecular complexity index is 645. The Balaban J connectivity index is 1.65. The Morgan fingerprint density at radius 2 is 1.67 bits per heavy atom. The molecule has 1 N–H and O–H groups in total. The van der Waals surface area contributed by atoms with E-state index in [1.54, 1.807) is 19.4 Å². The van der Waals surface area contributed by atoms with Crippen LogP contribution in [0.15, 0.2) is 41.3 Å². The number of piperazine rings is 1. The fourth-order valence-corrected chi connectivity index (χ4v) is 2.55. The van der Waals surface area contributed by atoms with Crippen molar-refractivity contribution in [3.05, 3.63) is 46.9 Å². The first kappa shape index (κ1) is 13.5. The number of rotatable bonds is 3. The third kappa shape index (κ3) is 2.99. The number of benzene rings is 1. The van der Waals surface area contributed by atoms with Crippen molar-refractivity contribution in [3.8, 4) is 5.75 Å². The smallest absolute Gasteiger partial charge is 0.266 e. The first-order chi connectivity index (χ1) is 10.3. The molecule has 6 heteroatoms. The zero-order chi connectivity index (χ0) is 14.7. The van der Waals surface area contributed by atoms with Crippen molar-refractivity contribution in [1.29, 1.82) is 0 Å². The van der Waals surface area contributed by atoms with E-state index in [0.717, 1.165) is 37.6 Å². The van der Waals surface area contributed by atoms with Crippen LogP contribution < -0.4 is 20.1 Å². The van der Waals surface area contributed by atoms with Gasteiger partial charge >= 0.3 is 0 Å². The Hall–Kier alpha value is -2.50. The number of hydrogen-bond donors (Lipinski definition) is 1. The van der Waals surface area contributed by atoms with Crippen molar-refractivity contribution in [2.45, 2.75) is 0 Å². The highest BCUT2D eigenvalue weighted by atomic mass is 16.5. The van der Waals surface area contributed by atoms with E-state index in [-0.39, 0.29) is 5.56 Å². The highest BCUT2D eigenvalue weighted by molar-refractivity contribution is 5.52. The summed E-state index contributed by atoms with van der Waals surface area (Å²) in [7, 11) is 1.67. The average molecular weight is 286 g/mol. The largest absolute Gasteiger partial charge is 0.497 e. The molecule has 1 fully saturated rings. The van der Waals surface area contributed by atoms with Crippen LogP contribution in [-0.4, -0.2) is 43.5 Å². The fourth-order valence-electron chi connectivity index (χ4n) is 2.55. The molecule has 0 saturated carbocycles. The predicted molar refractivity (Wildman–Crippen MR) is 82.3 cm³/mol. The number of methoxy groups -OCH3 is 1. The molecule has 2 heterocycles. The van der Waals surface area contributed by atoms with Crippen LogP contribution in [0.1, 0.15) is 0 Å². The van der Waals surface area contributed by atoms with Crippen molar-refractivity contribution in [3.63, 3.8) is 0 Å². The first-order valence-corrected chi connectivity index (χ1v) is 6.95. The van der Waals surface area contributed by atoms with Crippen molar-refractivity contribution in [2.24, 2.45) is 0 Å². The van der Waals surface area contributed by atoms with E-state index in [2.05, 4.69) is 32.1 Å². The molecule has 110 valence electrons. The lowest BCUT2D eigenvalue weighted by Crippen LogP contribution is -2.46. The maximum absolute atomic E-state index is 11.3. The maximum Gasteiger partial charge on any atom is 0.266 e. The van der Waals surface area contributed by atoms with E-state index in [1.165, 1.54) is 5.69 Å². The van der Waals surface area contributed by atoms with Crippen LogP contribution in [0.5, 0.6) is 5.75 Å². The van der Waals surface area contributed by atoms with E-state index in [4.69, 9.17) is 4.74 Å². The summed E-state index contributed by atoms with van der Waals surface area (Å²) in [5, 5.41) is 6.25. The van der Waals surface area contributed by atoms with Gasteiger partial charge in [-0.1, -0.05) is 0 Å². The number of nitrogens with zero attached hydrogens (tertiary/aromatic N) is 3. The van der Waals surface area contributed by atoms with Crippen molar-refractivity contribution in [1.82, 2.24) is 10.2 Å². The van der Waals surface area contributed by atoms with Gasteiger partial charge in [0.05, 0.1) is 19.0 Å². The summed E-state index contributed by atoms with van der Waals surface area (Å²) in [6.07, 6.45) is 1.70. The number of ether oxygens (including phenoxy) is 1. The lowest BCUT2D eigenvalue weighted by molar-refractivity contribution is 0.415. The fraction of sp³-hybridized carbons (Fsp3) is 0.333. The van der Waals surface area contributed by atoms with Gasteiger partial charge in [-0.2, -0.15) is 5.10 Å². The topological polar surface area (TPSA) is 61.5 Å². The van der Waals surface area contributed by atoms with Crippen molar-refractivity contribution < 1.29 is 4.74 Å². The number of nitrogens with one attached hydrogen (secondary N) is 1. The number of aromatic nitrogens is 2. The second kappa shape index (κ2) is 5.87. The molecular formula is C15H18N4O2. The number of anilines is 2. The van der Waals surface area contributed by atoms with Gasteiger partial charge in [0.1, 0.15) is 5.75 Å². The van der Waals surface area contributed by atoms with E-state index in [1.807, 2.05) is 12.1 Å². The normalized spacial score (nSPS) is 15.1. The van der Waals surface area contributed by atoms with Gasteiger partial charge < -0.3 is 14.5 Å². The minimum atomic E-state index is -0.162. The van der Waals surface area contributed by atoms with Gasteiger partial charge in [-0.05, 0) is 24.3 Å². The molecule has 0 radical (unpaired) electrons. The van der Waals surface area contributed by atoms with Gasteiger partial charge in [0, 0.05) is 37.9 Å². The van der Waals surface area contributed by atoms with E-state index >= 15 is 0 Å². The molecule has 0 bridgehead atoms. The zero-order valence-electron chi connectivity index (χ0n) is 12.0. The van der Waals surface area contributed by atoms with Crippen LogP contribution in [-0.2, 0) is 0 Å². The predicted octanol–water partition coefficient (Wildman–Crippen LogP) is 1.11. The van der Waals surface area contributed by atoms with Crippen molar-refractivity contribution in [2.75, 3.05) is 43.1 Å². The van der Waals surface area contributed by atoms with Gasteiger partial charge in [0.25, 0.3) is 5.56 Å². The molecule has 1 aliphatic heterocycles. The molecule has 1 saturated heterocycles. The van der Waals surface area contributed by atoms with Gasteiger partial charge in [-0.25, -0.2) is 5.10 Å². The molecule has 3 rings (SSSR count). The lowest BCUT2D eigenvalue weighted by atomic mass is 10.2. The molecule has 0 unspecified atom stereocenters. The molecule has 1 aromatic heterocycles. The molecule has 0 amide bonds. The Kier molecular flexibility index (Phi) is 3.77. The Labute approximate surface area is 123 Å². The van der Waals surface area contributed by atoms with Gasteiger partial charge in [0.2, 0.25) is 0 Å². The number of H-pyrrole nitrogens is 1. The number of aromatic amines is 1. The van der Waals surface area contributed by atoms with Crippen LogP contribution >= 0.6 is 0 Å². The second-order valence-corrected chi connectivity index (χ2v) is 4.98. The van der Waals surface area contributed by atoms with Crippen LogP contribution in [0, 0.1) is 0 Å². The average Bonchev–Trinajstić information content (AvgIpc) is 2.55. The third-order valence-electron chi connectivity index (χ3n) is 3.73. The van der Waals surface area contributed by atoms with Gasteiger partial charge in [-0.3, -0.25) is 4.79 Å². The summed E-state index contributed by atoms with van der Waals surface area (Å²) in [6, 6.07) is 9.69. The van der Waals surface area contributed by atoms with E-state index in [9.17, 15) is 4.79 Å². The Morgan fingerprint density at radius 1 is 1.05 bits per heavy atom. The van der Waals surface area contributed by atoms with E-state index in [0.29, 0.717) is 0 Å². The molecule has 21 heavy (non-hydrogen) atoms. The zero-order valence-corrected chi connectivity index (χ0v) is 12.0. The van der Waals surface area contributed by atoms with Crippen LogP contribution in [0.2, 0.25) is 0 Å². The van der Waals surface area contributed by atoms with Crippen LogP contribution in [0.4, 0.5) is 11.4 Å². The molecule has 1 aromatic carbocycles. The SMILES string of the molecule is COc1ccc(N2CCN(c3cn[nH]c(=O)c3)CC2)cc1. The molecule has 2 aromatic rings. The van der Waals surface area contributed by atoms with Crippen molar-refractivity contribution >= 4 is 11.4 Å². The summed E-state index contributed by atoms with van der Waals surface area (Å²) < 4.78 is 5.18. The summed E-state index contributed by atoms with van der Waals surface area (Å²) in [5.74, 6) is 0.868. The highest BCUT2D eigenvalue weighted by Gasteiger charge is 2.18. The highest BCUT2D eigenvalue weighted by Crippen LogP contribution is 2.21. The number of hydrogen-bond acceptors (Lipinski definition) is 5. The molecule has 6 nitrogen and oxygen atoms in total. The molecular weight excluding hydrogens is 268 g/mol. The first-order valence-electron chi connectivity index (χ1n) is 6.95. The monoisotopic (exact) mass is 286 g/mol. The van der Waals surface area contributed by atoms with Gasteiger partial charge in [-0.15, -0.1) is 0 Å². The van der Waals surface area contributed by atoms with Crippen LogP contribution in [0.3, 0.4) is 0 Å². The Morgan fingerprint density at radius 3 is 2.24 bits per heavy atom. The molecule has 0 atom stereocenters. The van der Waals surface area contributed by atoms with Crippen LogP contribution in [0.25, 0.3) is 0 Å². The summed E-state index contributed by atoms with van der Waals surface area (Å²) in [4.78, 5) is 15.8. The van der Waals surface area contributed by atoms with E-state index < -0.39 is 0 Å². The maximum atomic E-state index is 11.3. The lowest BCUT2D eigenvalue weighted by Gasteiger charge is -2.37. The third-order valence-corrected chi connectivity index (χ3v) is 3.73. The quantitative estimate of drug-likeness (QED) is 0.915. The summed E-state index contributed by atoms with van der Waals surface area (Å²) in [6.45, 7) is 3.58. The summed E-state index contributed by atoms with van der Waals surface area (Å²) >= 11 is 0. The molecule has 1 aliphatic rings. The molecule has 0 spiro atoms. The second-order valence-electron chi connectivity index (χ2n) is 4.98. The molecule has 0 aliphatic carbocycles.